The first-order valence-electron chi connectivity index (χ1n) is 11.3. The molecule has 1 atom stereocenters. The molecule has 0 spiro atoms. The summed E-state index contributed by atoms with van der Waals surface area (Å²) in [7, 11) is 3.71. The molecule has 0 radical (unpaired) electrons. The number of rotatable bonds is 8. The Kier molecular flexibility index (Phi) is 7.37. The Morgan fingerprint density at radius 1 is 1.12 bits per heavy atom. The van der Waals surface area contributed by atoms with E-state index in [0.717, 1.165) is 0 Å². The van der Waals surface area contributed by atoms with Gasteiger partial charge in [-0.05, 0) is 49.5 Å². The summed E-state index contributed by atoms with van der Waals surface area (Å²) in [5.74, 6) is 0.000202. The molecule has 0 fully saturated rings. The van der Waals surface area contributed by atoms with E-state index < -0.39 is 11.9 Å². The Hall–Kier alpha value is -3.52. The molecule has 1 N–H and O–H groups in total. The maximum atomic E-state index is 15.1. The number of carbonyl (C=O) groups is 1. The predicted octanol–water partition coefficient (Wildman–Crippen LogP) is 4.18. The summed E-state index contributed by atoms with van der Waals surface area (Å²) < 4.78 is 34.8. The number of fused-ring (bicyclic) bond motifs is 1. The van der Waals surface area contributed by atoms with E-state index in [-0.39, 0.29) is 18.3 Å². The minimum Gasteiger partial charge on any atom is -0.486 e. The van der Waals surface area contributed by atoms with Gasteiger partial charge < -0.3 is 19.9 Å². The van der Waals surface area contributed by atoms with Crippen LogP contribution in [-0.4, -0.2) is 49.5 Å². The number of likely N-dealkylation sites (N-methyl/N-ethyl adjacent to an activating group) is 1. The predicted molar refractivity (Wildman–Crippen MR) is 127 cm³/mol. The molecule has 1 aliphatic rings. The van der Waals surface area contributed by atoms with E-state index in [1.54, 1.807) is 47.5 Å². The van der Waals surface area contributed by atoms with Crippen molar-refractivity contribution >= 4 is 11.7 Å². The molecule has 4 rings (SSSR count). The summed E-state index contributed by atoms with van der Waals surface area (Å²) in [5, 5.41) is 3.06. The van der Waals surface area contributed by atoms with Crippen LogP contribution < -0.4 is 15.0 Å². The first-order chi connectivity index (χ1) is 16.5. The molecule has 1 unspecified atom stereocenters. The third-order valence-electron chi connectivity index (χ3n) is 5.91. The molecule has 1 aromatic heterocycles. The van der Waals surface area contributed by atoms with E-state index in [0.29, 0.717) is 54.3 Å². The molecule has 0 bridgehead atoms. The van der Waals surface area contributed by atoms with E-state index in [1.165, 1.54) is 18.2 Å². The average molecular weight is 467 g/mol. The summed E-state index contributed by atoms with van der Waals surface area (Å²) in [5.41, 5.74) is 1.59. The number of benzene rings is 2. The lowest BCUT2D eigenvalue weighted by Crippen LogP contribution is -2.33. The van der Waals surface area contributed by atoms with Gasteiger partial charge in [0.1, 0.15) is 29.3 Å². The van der Waals surface area contributed by atoms with Crippen LogP contribution in [0.15, 0.2) is 60.8 Å². The van der Waals surface area contributed by atoms with Gasteiger partial charge in [0, 0.05) is 50.9 Å². The van der Waals surface area contributed by atoms with Crippen molar-refractivity contribution in [2.75, 3.05) is 38.6 Å². The summed E-state index contributed by atoms with van der Waals surface area (Å²) >= 11 is 0. The van der Waals surface area contributed by atoms with Crippen LogP contribution in [0, 0.1) is 11.6 Å². The monoisotopic (exact) mass is 466 g/mol. The molecule has 178 valence electrons. The number of halogens is 2. The second-order valence-electron chi connectivity index (χ2n) is 8.33. The highest BCUT2D eigenvalue weighted by molar-refractivity contribution is 5.99. The van der Waals surface area contributed by atoms with Crippen LogP contribution in [0.2, 0.25) is 0 Å². The number of pyridine rings is 1. The Morgan fingerprint density at radius 3 is 2.74 bits per heavy atom. The first-order valence-corrected chi connectivity index (χ1v) is 11.3. The van der Waals surface area contributed by atoms with Crippen molar-refractivity contribution in [3.63, 3.8) is 0 Å². The van der Waals surface area contributed by atoms with Gasteiger partial charge in [-0.25, -0.2) is 13.8 Å². The van der Waals surface area contributed by atoms with Crippen LogP contribution >= 0.6 is 0 Å². The number of nitrogens with one attached hydrogen (secondary N) is 1. The van der Waals surface area contributed by atoms with Crippen LogP contribution in [0.3, 0.4) is 0 Å². The second kappa shape index (κ2) is 10.6. The van der Waals surface area contributed by atoms with Crippen molar-refractivity contribution in [3.8, 4) is 5.75 Å². The highest BCUT2D eigenvalue weighted by Crippen LogP contribution is 2.28. The maximum Gasteiger partial charge on any atom is 0.257 e. The number of hydrogen-bond donors (Lipinski definition) is 1. The Bertz CT molecular complexity index is 1160. The van der Waals surface area contributed by atoms with Gasteiger partial charge in [-0.15, -0.1) is 0 Å². The molecule has 3 aromatic rings. The minimum absolute atomic E-state index is 0.139. The van der Waals surface area contributed by atoms with Crippen molar-refractivity contribution in [1.82, 2.24) is 15.2 Å². The van der Waals surface area contributed by atoms with Gasteiger partial charge in [-0.2, -0.15) is 0 Å². The lowest BCUT2D eigenvalue weighted by Gasteiger charge is -2.22. The van der Waals surface area contributed by atoms with E-state index in [1.807, 2.05) is 19.0 Å². The molecule has 34 heavy (non-hydrogen) atoms. The van der Waals surface area contributed by atoms with Gasteiger partial charge in [0.05, 0.1) is 5.56 Å². The molecule has 2 heterocycles. The van der Waals surface area contributed by atoms with Gasteiger partial charge in [0.2, 0.25) is 0 Å². The van der Waals surface area contributed by atoms with Crippen molar-refractivity contribution in [2.24, 2.45) is 0 Å². The zero-order valence-electron chi connectivity index (χ0n) is 19.3. The van der Waals surface area contributed by atoms with Crippen molar-refractivity contribution in [2.45, 2.75) is 19.1 Å². The van der Waals surface area contributed by atoms with Crippen molar-refractivity contribution in [3.05, 3.63) is 89.1 Å². The van der Waals surface area contributed by atoms with Crippen molar-refractivity contribution < 1.29 is 18.3 Å². The molecule has 2 aromatic carbocycles. The fraction of sp³-hybridized carbons (Fsp3) is 0.308. The quantitative estimate of drug-likeness (QED) is 0.540. The molecule has 0 saturated carbocycles. The second-order valence-corrected chi connectivity index (χ2v) is 8.33. The van der Waals surface area contributed by atoms with Crippen LogP contribution in [0.25, 0.3) is 0 Å². The number of carbonyl (C=O) groups excluding carboxylic acids is 1. The van der Waals surface area contributed by atoms with Gasteiger partial charge in [-0.3, -0.25) is 4.79 Å². The molecular formula is C26H28F2N4O2. The van der Waals surface area contributed by atoms with E-state index in [9.17, 15) is 9.18 Å². The fourth-order valence-corrected chi connectivity index (χ4v) is 4.04. The Balaban J connectivity index is 1.51. The topological polar surface area (TPSA) is 57.7 Å². The first kappa shape index (κ1) is 23.6. The lowest BCUT2D eigenvalue weighted by molar-refractivity contribution is 0.0753. The lowest BCUT2D eigenvalue weighted by atomic mass is 10.1. The average Bonchev–Trinajstić information content (AvgIpc) is 2.95. The molecule has 6 nitrogen and oxygen atoms in total. The van der Waals surface area contributed by atoms with Crippen molar-refractivity contribution in [1.29, 1.82) is 0 Å². The number of hydrogen-bond acceptors (Lipinski definition) is 5. The van der Waals surface area contributed by atoms with Gasteiger partial charge in [0.15, 0.2) is 0 Å². The Labute approximate surface area is 198 Å². The number of aromatic nitrogens is 1. The third-order valence-corrected chi connectivity index (χ3v) is 5.91. The number of amides is 1. The SMILES string of the molecule is CNCCC(Oc1ccc(CN2CCN(C)c3ncccc3C2=O)c(F)c1)c1cccc(F)c1. The molecular weight excluding hydrogens is 438 g/mol. The Morgan fingerprint density at radius 2 is 1.97 bits per heavy atom. The standard InChI is InChI=1S/C26H28F2N4O2/c1-29-12-10-24(18-5-3-6-20(27)15-18)34-21-9-8-19(23(28)16-21)17-32-14-13-31(2)25-22(26(32)33)7-4-11-30-25/h3-9,11,15-16,24,29H,10,12-14,17H2,1-2H3. The minimum atomic E-state index is -0.457. The fourth-order valence-electron chi connectivity index (χ4n) is 4.04. The molecule has 0 aliphatic carbocycles. The summed E-state index contributed by atoms with van der Waals surface area (Å²) in [6.07, 6.45) is 1.82. The molecule has 8 heteroatoms. The van der Waals surface area contributed by atoms with E-state index >= 15 is 4.39 Å². The number of ether oxygens (including phenoxy) is 1. The van der Waals surface area contributed by atoms with E-state index in [4.69, 9.17) is 4.74 Å². The number of anilines is 1. The molecule has 1 aliphatic heterocycles. The highest BCUT2D eigenvalue weighted by Gasteiger charge is 2.26. The zero-order valence-corrected chi connectivity index (χ0v) is 19.3. The summed E-state index contributed by atoms with van der Waals surface area (Å²) in [4.78, 5) is 21.0. The van der Waals surface area contributed by atoms with Gasteiger partial charge in [0.25, 0.3) is 5.91 Å². The zero-order chi connectivity index (χ0) is 24.1. The normalized spacial score (nSPS) is 14.5. The van der Waals surface area contributed by atoms with Crippen LogP contribution in [0.1, 0.15) is 34.0 Å². The van der Waals surface area contributed by atoms with Crippen LogP contribution in [0.5, 0.6) is 5.75 Å². The van der Waals surface area contributed by atoms with Gasteiger partial charge >= 0.3 is 0 Å². The largest absolute Gasteiger partial charge is 0.486 e. The van der Waals surface area contributed by atoms with Crippen LogP contribution in [-0.2, 0) is 6.54 Å². The maximum absolute atomic E-state index is 15.1. The highest BCUT2D eigenvalue weighted by atomic mass is 19.1. The smallest absolute Gasteiger partial charge is 0.257 e. The molecule has 0 saturated heterocycles. The summed E-state index contributed by atoms with van der Waals surface area (Å²) in [6, 6.07) is 14.4. The van der Waals surface area contributed by atoms with E-state index in [2.05, 4.69) is 10.3 Å². The van der Waals surface area contributed by atoms with Crippen LogP contribution in [0.4, 0.5) is 14.6 Å². The summed E-state index contributed by atoms with van der Waals surface area (Å²) in [6.45, 7) is 1.85. The number of nitrogens with zero attached hydrogens (tertiary/aromatic N) is 3. The molecule has 1 amide bonds. The van der Waals surface area contributed by atoms with Gasteiger partial charge in [-0.1, -0.05) is 18.2 Å². The third kappa shape index (κ3) is 5.34.